The maximum atomic E-state index is 11.9. The van der Waals surface area contributed by atoms with E-state index in [1.165, 1.54) is 6.07 Å². The van der Waals surface area contributed by atoms with Gasteiger partial charge in [0.15, 0.2) is 0 Å². The molecular weight excluding hydrogens is 258 g/mol. The van der Waals surface area contributed by atoms with Gasteiger partial charge in [0.2, 0.25) is 5.91 Å². The molecule has 0 aliphatic rings. The van der Waals surface area contributed by atoms with E-state index in [4.69, 9.17) is 5.11 Å². The number of para-hydroxylation sites is 1. The number of hydrogen-bond acceptors (Lipinski definition) is 3. The second kappa shape index (κ2) is 8.19. The van der Waals surface area contributed by atoms with E-state index in [0.717, 1.165) is 12.8 Å². The number of rotatable bonds is 8. The van der Waals surface area contributed by atoms with Gasteiger partial charge in [-0.1, -0.05) is 38.0 Å². The number of phenols is 1. The fourth-order valence-electron chi connectivity index (χ4n) is 2.00. The molecule has 1 aromatic rings. The predicted octanol–water partition coefficient (Wildman–Crippen LogP) is 2.08. The lowest BCUT2D eigenvalue weighted by molar-refractivity contribution is -0.137. The third kappa shape index (κ3) is 5.73. The molecule has 0 unspecified atom stereocenters. The lowest BCUT2D eigenvalue weighted by atomic mass is 10.1. The molecule has 3 N–H and O–H groups in total. The second-order valence-corrected chi connectivity index (χ2v) is 4.81. The molecule has 0 fully saturated rings. The van der Waals surface area contributed by atoms with Crippen LogP contribution in [0.2, 0.25) is 0 Å². The van der Waals surface area contributed by atoms with Gasteiger partial charge in [0, 0.05) is 11.6 Å². The largest absolute Gasteiger partial charge is 0.508 e. The second-order valence-electron chi connectivity index (χ2n) is 4.81. The number of carbonyl (C=O) groups excluding carboxylic acids is 1. The van der Waals surface area contributed by atoms with Crippen LogP contribution in [-0.2, 0) is 16.0 Å². The summed E-state index contributed by atoms with van der Waals surface area (Å²) >= 11 is 0. The van der Waals surface area contributed by atoms with Gasteiger partial charge in [0.05, 0.1) is 12.8 Å². The summed E-state index contributed by atoms with van der Waals surface area (Å²) in [6.45, 7) is 2.02. The molecule has 0 heterocycles. The van der Waals surface area contributed by atoms with Crippen molar-refractivity contribution in [3.05, 3.63) is 29.8 Å². The van der Waals surface area contributed by atoms with Crippen molar-refractivity contribution in [1.29, 1.82) is 0 Å². The van der Waals surface area contributed by atoms with Crippen molar-refractivity contribution in [1.82, 2.24) is 5.32 Å². The van der Waals surface area contributed by atoms with Gasteiger partial charge in [0.1, 0.15) is 5.75 Å². The third-order valence-electron chi connectivity index (χ3n) is 3.03. The Bertz CT molecular complexity index is 459. The molecular formula is C15H21NO4. The maximum Gasteiger partial charge on any atom is 0.305 e. The SMILES string of the molecule is CCCC[C@@H](CC(=O)O)NC(=O)Cc1ccccc1O. The average molecular weight is 279 g/mol. The van der Waals surface area contributed by atoms with Gasteiger partial charge in [-0.05, 0) is 12.5 Å². The van der Waals surface area contributed by atoms with Gasteiger partial charge in [-0.25, -0.2) is 0 Å². The van der Waals surface area contributed by atoms with E-state index in [0.29, 0.717) is 12.0 Å². The number of phenolic OH excluding ortho intramolecular Hbond substituents is 1. The molecule has 0 saturated carbocycles. The lowest BCUT2D eigenvalue weighted by Crippen LogP contribution is -2.37. The van der Waals surface area contributed by atoms with Crippen LogP contribution in [0.5, 0.6) is 5.75 Å². The monoisotopic (exact) mass is 279 g/mol. The normalized spacial score (nSPS) is 11.8. The Kier molecular flexibility index (Phi) is 6.56. The predicted molar refractivity (Wildman–Crippen MR) is 75.5 cm³/mol. The van der Waals surface area contributed by atoms with Crippen molar-refractivity contribution in [3.63, 3.8) is 0 Å². The van der Waals surface area contributed by atoms with Crippen LogP contribution in [-0.4, -0.2) is 28.1 Å². The minimum absolute atomic E-state index is 0.0505. The Morgan fingerprint density at radius 3 is 2.60 bits per heavy atom. The molecule has 1 amide bonds. The van der Waals surface area contributed by atoms with Gasteiger partial charge < -0.3 is 15.5 Å². The number of nitrogens with one attached hydrogen (secondary N) is 1. The highest BCUT2D eigenvalue weighted by atomic mass is 16.4. The Morgan fingerprint density at radius 2 is 2.00 bits per heavy atom. The van der Waals surface area contributed by atoms with Gasteiger partial charge in [-0.3, -0.25) is 9.59 Å². The minimum Gasteiger partial charge on any atom is -0.508 e. The molecule has 0 aromatic heterocycles. The smallest absolute Gasteiger partial charge is 0.305 e. The van der Waals surface area contributed by atoms with Crippen LogP contribution in [0.25, 0.3) is 0 Å². The van der Waals surface area contributed by atoms with Gasteiger partial charge >= 0.3 is 5.97 Å². The number of hydrogen-bond donors (Lipinski definition) is 3. The zero-order chi connectivity index (χ0) is 15.0. The summed E-state index contributed by atoms with van der Waals surface area (Å²) < 4.78 is 0. The lowest BCUT2D eigenvalue weighted by Gasteiger charge is -2.16. The van der Waals surface area contributed by atoms with E-state index < -0.39 is 5.97 Å². The minimum atomic E-state index is -0.922. The first-order valence-corrected chi connectivity index (χ1v) is 6.81. The molecule has 1 rings (SSSR count). The molecule has 0 radical (unpaired) electrons. The van der Waals surface area contributed by atoms with Gasteiger partial charge in [-0.2, -0.15) is 0 Å². The van der Waals surface area contributed by atoms with Crippen LogP contribution in [0, 0.1) is 0 Å². The molecule has 0 spiro atoms. The van der Waals surface area contributed by atoms with Crippen LogP contribution in [0.4, 0.5) is 0 Å². The van der Waals surface area contributed by atoms with Crippen molar-refractivity contribution >= 4 is 11.9 Å². The standard InChI is InChI=1S/C15H21NO4/c1-2-3-7-12(10-15(19)20)16-14(18)9-11-6-4-5-8-13(11)17/h4-6,8,12,17H,2-3,7,9-10H2,1H3,(H,16,18)(H,19,20)/t12-/m0/s1. The van der Waals surface area contributed by atoms with Crippen LogP contribution in [0.15, 0.2) is 24.3 Å². The highest BCUT2D eigenvalue weighted by molar-refractivity contribution is 5.80. The number of carboxylic acid groups (broad SMARTS) is 1. The molecule has 20 heavy (non-hydrogen) atoms. The first-order chi connectivity index (χ1) is 9.52. The van der Waals surface area contributed by atoms with Gasteiger partial charge in [0.25, 0.3) is 0 Å². The molecule has 110 valence electrons. The topological polar surface area (TPSA) is 86.6 Å². The number of carbonyl (C=O) groups is 2. The van der Waals surface area contributed by atoms with E-state index in [9.17, 15) is 14.7 Å². The maximum absolute atomic E-state index is 11.9. The molecule has 1 aromatic carbocycles. The number of aromatic hydroxyl groups is 1. The molecule has 0 aliphatic heterocycles. The van der Waals surface area contributed by atoms with Crippen molar-refractivity contribution < 1.29 is 19.8 Å². The molecule has 0 aliphatic carbocycles. The summed E-state index contributed by atoms with van der Waals surface area (Å²) in [6, 6.07) is 6.27. The highest BCUT2D eigenvalue weighted by Gasteiger charge is 2.16. The van der Waals surface area contributed by atoms with E-state index in [-0.39, 0.29) is 30.5 Å². The zero-order valence-electron chi connectivity index (χ0n) is 11.6. The Morgan fingerprint density at radius 1 is 1.30 bits per heavy atom. The molecule has 5 heteroatoms. The van der Waals surface area contributed by atoms with Crippen molar-refractivity contribution in [2.75, 3.05) is 0 Å². The first kappa shape index (κ1) is 16.0. The van der Waals surface area contributed by atoms with E-state index >= 15 is 0 Å². The van der Waals surface area contributed by atoms with Crippen molar-refractivity contribution in [3.8, 4) is 5.75 Å². The van der Waals surface area contributed by atoms with Crippen molar-refractivity contribution in [2.24, 2.45) is 0 Å². The fraction of sp³-hybridized carbons (Fsp3) is 0.467. The molecule has 5 nitrogen and oxygen atoms in total. The van der Waals surface area contributed by atoms with Crippen LogP contribution < -0.4 is 5.32 Å². The quantitative estimate of drug-likeness (QED) is 0.680. The number of benzene rings is 1. The summed E-state index contributed by atoms with van der Waals surface area (Å²) in [7, 11) is 0. The molecule has 1 atom stereocenters. The zero-order valence-corrected chi connectivity index (χ0v) is 11.6. The average Bonchev–Trinajstić information content (AvgIpc) is 2.38. The third-order valence-corrected chi connectivity index (χ3v) is 3.03. The summed E-state index contributed by atoms with van der Waals surface area (Å²) in [5.41, 5.74) is 0.537. The Balaban J connectivity index is 2.56. The van der Waals surface area contributed by atoms with E-state index in [1.807, 2.05) is 6.92 Å². The summed E-state index contributed by atoms with van der Waals surface area (Å²) in [5, 5.41) is 21.2. The van der Waals surface area contributed by atoms with E-state index in [1.54, 1.807) is 18.2 Å². The number of aliphatic carboxylic acids is 1. The Labute approximate surface area is 118 Å². The fourth-order valence-corrected chi connectivity index (χ4v) is 2.00. The van der Waals surface area contributed by atoms with Crippen LogP contribution in [0.1, 0.15) is 38.2 Å². The highest BCUT2D eigenvalue weighted by Crippen LogP contribution is 2.16. The number of unbranched alkanes of at least 4 members (excludes halogenated alkanes) is 1. The number of amides is 1. The molecule has 0 bridgehead atoms. The van der Waals surface area contributed by atoms with E-state index in [2.05, 4.69) is 5.32 Å². The summed E-state index contributed by atoms with van der Waals surface area (Å²) in [5.74, 6) is -1.12. The van der Waals surface area contributed by atoms with Crippen LogP contribution in [0.3, 0.4) is 0 Å². The summed E-state index contributed by atoms with van der Waals surface area (Å²) in [6.07, 6.45) is 2.44. The Hall–Kier alpha value is -2.04. The van der Waals surface area contributed by atoms with Crippen LogP contribution >= 0.6 is 0 Å². The summed E-state index contributed by atoms with van der Waals surface area (Å²) in [4.78, 5) is 22.7. The number of carboxylic acids is 1. The first-order valence-electron chi connectivity index (χ1n) is 6.81. The van der Waals surface area contributed by atoms with Crippen molar-refractivity contribution in [2.45, 2.75) is 45.1 Å². The molecule has 0 saturated heterocycles. The van der Waals surface area contributed by atoms with Gasteiger partial charge in [-0.15, -0.1) is 0 Å².